The average molecular weight is 218 g/mol. The average Bonchev–Trinajstić information content (AvgIpc) is 2.22. The van der Waals surface area contributed by atoms with Crippen LogP contribution in [0.15, 0.2) is 0 Å². The molecule has 4 nitrogen and oxygen atoms in total. The SMILES string of the molecule is CCCCC(=O)O[C@H](C)CC(OC)OC. The van der Waals surface area contributed by atoms with Crippen molar-refractivity contribution in [3.63, 3.8) is 0 Å². The summed E-state index contributed by atoms with van der Waals surface area (Å²) < 4.78 is 15.2. The van der Waals surface area contributed by atoms with Crippen LogP contribution in [0.3, 0.4) is 0 Å². The summed E-state index contributed by atoms with van der Waals surface area (Å²) in [7, 11) is 3.14. The fraction of sp³-hybridized carbons (Fsp3) is 0.909. The Labute approximate surface area is 91.9 Å². The lowest BCUT2D eigenvalue weighted by atomic mass is 10.2. The van der Waals surface area contributed by atoms with Crippen LogP contribution in [0.1, 0.15) is 39.5 Å². The maximum Gasteiger partial charge on any atom is 0.306 e. The fourth-order valence-electron chi connectivity index (χ4n) is 1.21. The number of carbonyl (C=O) groups is 1. The largest absolute Gasteiger partial charge is 0.462 e. The normalized spacial score (nSPS) is 12.9. The topological polar surface area (TPSA) is 44.8 Å². The van der Waals surface area contributed by atoms with Gasteiger partial charge in [-0.05, 0) is 13.3 Å². The lowest BCUT2D eigenvalue weighted by Gasteiger charge is -2.18. The third kappa shape index (κ3) is 7.33. The van der Waals surface area contributed by atoms with Gasteiger partial charge in [0.25, 0.3) is 0 Å². The van der Waals surface area contributed by atoms with Gasteiger partial charge in [0, 0.05) is 27.1 Å². The number of carbonyl (C=O) groups excluding carboxylic acids is 1. The Morgan fingerprint density at radius 1 is 1.27 bits per heavy atom. The lowest BCUT2D eigenvalue weighted by Crippen LogP contribution is -2.23. The quantitative estimate of drug-likeness (QED) is 0.462. The fourth-order valence-corrected chi connectivity index (χ4v) is 1.21. The summed E-state index contributed by atoms with van der Waals surface area (Å²) >= 11 is 0. The first-order valence-electron chi connectivity index (χ1n) is 5.39. The summed E-state index contributed by atoms with van der Waals surface area (Å²) in [4.78, 5) is 11.3. The van der Waals surface area contributed by atoms with Crippen LogP contribution in [0.25, 0.3) is 0 Å². The maximum atomic E-state index is 11.3. The minimum absolute atomic E-state index is 0.143. The van der Waals surface area contributed by atoms with Crippen LogP contribution in [0.4, 0.5) is 0 Å². The van der Waals surface area contributed by atoms with Crippen LogP contribution in [-0.2, 0) is 19.0 Å². The molecule has 0 N–H and O–H groups in total. The Kier molecular flexibility index (Phi) is 8.33. The van der Waals surface area contributed by atoms with Crippen LogP contribution in [0.5, 0.6) is 0 Å². The van der Waals surface area contributed by atoms with E-state index in [4.69, 9.17) is 14.2 Å². The molecule has 0 saturated heterocycles. The molecule has 15 heavy (non-hydrogen) atoms. The Hall–Kier alpha value is -0.610. The molecule has 0 spiro atoms. The highest BCUT2D eigenvalue weighted by Crippen LogP contribution is 2.08. The minimum atomic E-state index is -0.307. The van der Waals surface area contributed by atoms with Gasteiger partial charge in [-0.1, -0.05) is 13.3 Å². The molecule has 0 aromatic heterocycles. The molecule has 1 atom stereocenters. The van der Waals surface area contributed by atoms with Gasteiger partial charge in [-0.2, -0.15) is 0 Å². The van der Waals surface area contributed by atoms with Crippen molar-refractivity contribution in [2.75, 3.05) is 14.2 Å². The number of hydrogen-bond donors (Lipinski definition) is 0. The van der Waals surface area contributed by atoms with Crippen molar-refractivity contribution < 1.29 is 19.0 Å². The van der Waals surface area contributed by atoms with E-state index in [1.54, 1.807) is 14.2 Å². The van der Waals surface area contributed by atoms with Crippen molar-refractivity contribution in [2.24, 2.45) is 0 Å². The van der Waals surface area contributed by atoms with E-state index in [0.29, 0.717) is 12.8 Å². The minimum Gasteiger partial charge on any atom is -0.462 e. The Morgan fingerprint density at radius 2 is 1.87 bits per heavy atom. The smallest absolute Gasteiger partial charge is 0.306 e. The van der Waals surface area contributed by atoms with Gasteiger partial charge >= 0.3 is 5.97 Å². The van der Waals surface area contributed by atoms with Crippen LogP contribution in [0.2, 0.25) is 0 Å². The van der Waals surface area contributed by atoms with Gasteiger partial charge in [-0.15, -0.1) is 0 Å². The van der Waals surface area contributed by atoms with Gasteiger partial charge in [-0.3, -0.25) is 4.79 Å². The van der Waals surface area contributed by atoms with Gasteiger partial charge in [-0.25, -0.2) is 0 Å². The van der Waals surface area contributed by atoms with Crippen molar-refractivity contribution in [1.29, 1.82) is 0 Å². The van der Waals surface area contributed by atoms with Crippen LogP contribution in [0, 0.1) is 0 Å². The second-order valence-corrected chi connectivity index (χ2v) is 3.54. The summed E-state index contributed by atoms with van der Waals surface area (Å²) in [6.45, 7) is 3.89. The highest BCUT2D eigenvalue weighted by Gasteiger charge is 2.14. The molecule has 0 aliphatic rings. The van der Waals surface area contributed by atoms with Crippen molar-refractivity contribution in [1.82, 2.24) is 0 Å². The molecule has 4 heteroatoms. The summed E-state index contributed by atoms with van der Waals surface area (Å²) in [5, 5.41) is 0. The predicted molar refractivity (Wildman–Crippen MR) is 57.5 cm³/mol. The highest BCUT2D eigenvalue weighted by atomic mass is 16.7. The molecule has 0 aromatic carbocycles. The Morgan fingerprint density at radius 3 is 2.33 bits per heavy atom. The molecule has 0 saturated carbocycles. The number of ether oxygens (including phenoxy) is 3. The highest BCUT2D eigenvalue weighted by molar-refractivity contribution is 5.69. The summed E-state index contributed by atoms with van der Waals surface area (Å²) in [6.07, 6.45) is 2.46. The summed E-state index contributed by atoms with van der Waals surface area (Å²) in [6, 6.07) is 0. The molecule has 0 bridgehead atoms. The van der Waals surface area contributed by atoms with Crippen molar-refractivity contribution in [3.8, 4) is 0 Å². The summed E-state index contributed by atoms with van der Waals surface area (Å²) in [5.74, 6) is -0.143. The molecule has 0 fully saturated rings. The zero-order valence-corrected chi connectivity index (χ0v) is 10.1. The Bertz CT molecular complexity index is 166. The van der Waals surface area contributed by atoms with E-state index in [-0.39, 0.29) is 18.4 Å². The van der Waals surface area contributed by atoms with Crippen molar-refractivity contribution in [3.05, 3.63) is 0 Å². The van der Waals surface area contributed by atoms with E-state index in [2.05, 4.69) is 0 Å². The second kappa shape index (κ2) is 8.68. The predicted octanol–water partition coefficient (Wildman–Crippen LogP) is 2.12. The van der Waals surface area contributed by atoms with E-state index >= 15 is 0 Å². The first-order valence-corrected chi connectivity index (χ1v) is 5.39. The van der Waals surface area contributed by atoms with Crippen LogP contribution in [-0.4, -0.2) is 32.6 Å². The number of methoxy groups -OCH3 is 2. The molecular formula is C11H22O4. The summed E-state index contributed by atoms with van der Waals surface area (Å²) in [5.41, 5.74) is 0. The standard InChI is InChI=1S/C11H22O4/c1-5-6-7-10(12)15-9(2)8-11(13-3)14-4/h9,11H,5-8H2,1-4H3/t9-/m1/s1. The van der Waals surface area contributed by atoms with Gasteiger partial charge < -0.3 is 14.2 Å². The van der Waals surface area contributed by atoms with Crippen LogP contribution < -0.4 is 0 Å². The van der Waals surface area contributed by atoms with Gasteiger partial charge in [0.2, 0.25) is 0 Å². The third-order valence-corrected chi connectivity index (χ3v) is 2.12. The van der Waals surface area contributed by atoms with E-state index in [1.807, 2.05) is 13.8 Å². The Balaban J connectivity index is 3.71. The molecule has 0 rings (SSSR count). The number of rotatable bonds is 8. The maximum absolute atomic E-state index is 11.3. The van der Waals surface area contributed by atoms with E-state index in [9.17, 15) is 4.79 Å². The molecule has 90 valence electrons. The van der Waals surface area contributed by atoms with Gasteiger partial charge in [0.1, 0.15) is 6.10 Å². The first kappa shape index (κ1) is 14.4. The van der Waals surface area contributed by atoms with Crippen LogP contribution >= 0.6 is 0 Å². The zero-order chi connectivity index (χ0) is 11.7. The van der Waals surface area contributed by atoms with Crippen molar-refractivity contribution >= 4 is 5.97 Å². The molecule has 0 amide bonds. The number of hydrogen-bond acceptors (Lipinski definition) is 4. The number of unbranched alkanes of at least 4 members (excludes halogenated alkanes) is 1. The molecule has 0 aromatic rings. The molecular weight excluding hydrogens is 196 g/mol. The number of esters is 1. The zero-order valence-electron chi connectivity index (χ0n) is 10.1. The van der Waals surface area contributed by atoms with Gasteiger partial charge in [0.15, 0.2) is 6.29 Å². The van der Waals surface area contributed by atoms with Gasteiger partial charge in [0.05, 0.1) is 0 Å². The first-order chi connectivity index (χ1) is 7.13. The second-order valence-electron chi connectivity index (χ2n) is 3.54. The molecule has 0 unspecified atom stereocenters. The lowest BCUT2D eigenvalue weighted by molar-refractivity contribution is -0.158. The van der Waals surface area contributed by atoms with Crippen molar-refractivity contribution in [2.45, 2.75) is 51.9 Å². The molecule has 0 heterocycles. The molecule has 0 aliphatic heterocycles. The van der Waals surface area contributed by atoms with E-state index in [0.717, 1.165) is 12.8 Å². The van der Waals surface area contributed by atoms with E-state index < -0.39 is 0 Å². The van der Waals surface area contributed by atoms with E-state index in [1.165, 1.54) is 0 Å². The third-order valence-electron chi connectivity index (χ3n) is 2.12. The molecule has 0 radical (unpaired) electrons. The monoisotopic (exact) mass is 218 g/mol. The molecule has 0 aliphatic carbocycles.